The van der Waals surface area contributed by atoms with Crippen LogP contribution in [0.4, 0.5) is 0 Å². The Bertz CT molecular complexity index is 953. The van der Waals surface area contributed by atoms with Gasteiger partial charge >= 0.3 is 0 Å². The number of unbranched alkanes of at least 4 members (excludes halogenated alkanes) is 14. The van der Waals surface area contributed by atoms with Gasteiger partial charge in [-0.15, -0.1) is 0 Å². The predicted molar refractivity (Wildman–Crippen MR) is 196 cm³/mol. The second kappa shape index (κ2) is 21.3. The first-order chi connectivity index (χ1) is 22.7. The molecule has 0 aliphatic carbocycles. The second-order valence-electron chi connectivity index (χ2n) is 14.9. The fourth-order valence-corrected chi connectivity index (χ4v) is 7.92. The van der Waals surface area contributed by atoms with Gasteiger partial charge in [-0.05, 0) is 36.8 Å². The van der Waals surface area contributed by atoms with E-state index < -0.39 is 0 Å². The van der Waals surface area contributed by atoms with Crippen LogP contribution in [0.15, 0.2) is 48.5 Å². The average Bonchev–Trinajstić information content (AvgIpc) is 3.09. The van der Waals surface area contributed by atoms with Crippen molar-refractivity contribution in [3.8, 4) is 11.1 Å². The molecule has 0 spiro atoms. The van der Waals surface area contributed by atoms with Gasteiger partial charge in [-0.1, -0.05) is 139 Å². The third-order valence-electron chi connectivity index (χ3n) is 11.1. The van der Waals surface area contributed by atoms with Crippen LogP contribution in [0.3, 0.4) is 0 Å². The summed E-state index contributed by atoms with van der Waals surface area (Å²) in [4.78, 5) is 0. The van der Waals surface area contributed by atoms with Gasteiger partial charge in [-0.2, -0.15) is 0 Å². The van der Waals surface area contributed by atoms with Crippen molar-refractivity contribution >= 4 is 0 Å². The molecule has 46 heavy (non-hydrogen) atoms. The molecule has 0 N–H and O–H groups in total. The summed E-state index contributed by atoms with van der Waals surface area (Å²) in [5.41, 5.74) is 5.62. The zero-order chi connectivity index (χ0) is 32.2. The number of rotatable bonds is 23. The van der Waals surface area contributed by atoms with Crippen LogP contribution in [0.2, 0.25) is 0 Å². The van der Waals surface area contributed by atoms with E-state index in [0.29, 0.717) is 0 Å². The smallest absolute Gasteiger partial charge is 0.104 e. The molecule has 0 atom stereocenters. The number of benzene rings is 2. The highest BCUT2D eigenvalue weighted by atomic mass is 16.5. The first-order valence-electron chi connectivity index (χ1n) is 19.7. The molecule has 4 nitrogen and oxygen atoms in total. The van der Waals surface area contributed by atoms with Gasteiger partial charge in [0.15, 0.2) is 0 Å². The molecule has 4 heteroatoms. The van der Waals surface area contributed by atoms with Crippen LogP contribution < -0.4 is 0 Å². The third kappa shape index (κ3) is 13.1. The molecule has 0 amide bonds. The van der Waals surface area contributed by atoms with Crippen LogP contribution in [0.25, 0.3) is 11.1 Å². The van der Waals surface area contributed by atoms with E-state index in [1.165, 1.54) is 147 Å². The molecule has 2 heterocycles. The molecule has 2 saturated heterocycles. The Balaban J connectivity index is 1.26. The predicted octanol–water partition coefficient (Wildman–Crippen LogP) is 10.3. The van der Waals surface area contributed by atoms with Crippen molar-refractivity contribution in [1.82, 2.24) is 0 Å². The molecule has 0 radical (unpaired) electrons. The summed E-state index contributed by atoms with van der Waals surface area (Å²) >= 11 is 0. The topological polar surface area (TPSA) is 18.5 Å². The van der Waals surface area contributed by atoms with Crippen molar-refractivity contribution in [1.29, 1.82) is 0 Å². The Hall–Kier alpha value is -1.72. The highest BCUT2D eigenvalue weighted by Gasteiger charge is 2.31. The summed E-state index contributed by atoms with van der Waals surface area (Å²) in [6, 6.07) is 19.0. The number of ether oxygens (including phenoxy) is 2. The maximum atomic E-state index is 5.81. The number of nitrogens with zero attached hydrogens (tertiary/aromatic N) is 2. The quantitative estimate of drug-likeness (QED) is 0.0894. The summed E-state index contributed by atoms with van der Waals surface area (Å²) in [5, 5.41) is 0. The minimum atomic E-state index is 0.910. The van der Waals surface area contributed by atoms with Crippen LogP contribution >= 0.6 is 0 Å². The number of morpholine rings is 2. The van der Waals surface area contributed by atoms with E-state index in [1.54, 1.807) is 0 Å². The van der Waals surface area contributed by atoms with Crippen LogP contribution in [-0.2, 0) is 22.6 Å². The van der Waals surface area contributed by atoms with E-state index >= 15 is 0 Å². The molecule has 0 bridgehead atoms. The van der Waals surface area contributed by atoms with Crippen LogP contribution in [0.5, 0.6) is 0 Å². The second-order valence-corrected chi connectivity index (χ2v) is 14.9. The zero-order valence-electron chi connectivity index (χ0n) is 30.1. The average molecular weight is 635 g/mol. The van der Waals surface area contributed by atoms with E-state index in [1.807, 2.05) is 0 Å². The molecule has 258 valence electrons. The van der Waals surface area contributed by atoms with Gasteiger partial charge in [0.05, 0.1) is 39.5 Å². The highest BCUT2D eigenvalue weighted by molar-refractivity contribution is 5.63. The van der Waals surface area contributed by atoms with Crippen molar-refractivity contribution in [2.24, 2.45) is 0 Å². The molecule has 2 aliphatic rings. The van der Waals surface area contributed by atoms with Crippen molar-refractivity contribution in [3.63, 3.8) is 0 Å². The molecule has 2 fully saturated rings. The fourth-order valence-electron chi connectivity index (χ4n) is 7.92. The van der Waals surface area contributed by atoms with E-state index in [0.717, 1.165) is 65.7 Å². The van der Waals surface area contributed by atoms with Crippen LogP contribution in [-0.4, -0.2) is 74.7 Å². The van der Waals surface area contributed by atoms with Crippen molar-refractivity contribution in [3.05, 3.63) is 59.7 Å². The molecule has 2 aromatic rings. The SMILES string of the molecule is CCCCCCCCCC[N+]1(Cc2ccc(-c3ccc(C[N+]4(CCCCCCCCCC)CCOCC4)cc3)cc2)CCOCC1. The molecule has 2 aromatic carbocycles. The van der Waals surface area contributed by atoms with E-state index in [-0.39, 0.29) is 0 Å². The number of quaternary nitrogens is 2. The lowest BCUT2D eigenvalue weighted by Gasteiger charge is -2.41. The summed E-state index contributed by atoms with van der Waals surface area (Å²) in [7, 11) is 0. The van der Waals surface area contributed by atoms with Gasteiger partial charge in [0.1, 0.15) is 39.3 Å². The van der Waals surface area contributed by atoms with Crippen LogP contribution in [0.1, 0.15) is 128 Å². The normalized spacial score (nSPS) is 17.7. The maximum Gasteiger partial charge on any atom is 0.104 e. The summed E-state index contributed by atoms with van der Waals surface area (Å²) in [6.07, 6.45) is 22.3. The molecule has 2 aliphatic heterocycles. The van der Waals surface area contributed by atoms with Crippen LogP contribution in [0, 0.1) is 0 Å². The van der Waals surface area contributed by atoms with Gasteiger partial charge in [0.2, 0.25) is 0 Å². The summed E-state index contributed by atoms with van der Waals surface area (Å²) in [5.74, 6) is 0. The molecule has 0 unspecified atom stereocenters. The van der Waals surface area contributed by atoms with Gasteiger partial charge in [-0.3, -0.25) is 0 Å². The van der Waals surface area contributed by atoms with Crippen molar-refractivity contribution in [2.75, 3.05) is 65.7 Å². The van der Waals surface area contributed by atoms with E-state index in [4.69, 9.17) is 9.47 Å². The van der Waals surface area contributed by atoms with Gasteiger partial charge in [-0.25, -0.2) is 0 Å². The molecule has 0 aromatic heterocycles. The zero-order valence-corrected chi connectivity index (χ0v) is 30.1. The summed E-state index contributed by atoms with van der Waals surface area (Å²) < 4.78 is 14.0. The third-order valence-corrected chi connectivity index (χ3v) is 11.1. The van der Waals surface area contributed by atoms with Crippen molar-refractivity contribution < 1.29 is 18.4 Å². The Morgan fingerprint density at radius 2 is 0.717 bits per heavy atom. The highest BCUT2D eigenvalue weighted by Crippen LogP contribution is 2.26. The Morgan fingerprint density at radius 1 is 0.413 bits per heavy atom. The standard InChI is InChI=1S/C42H70N2O2/c1-3-5-7-9-11-13-15-17-27-43(29-33-45-34-30-43)37-39-19-23-41(24-20-39)42-25-21-40(22-26-42)38-44(31-35-46-36-32-44)28-18-16-14-12-10-8-6-4-2/h19-26H,3-18,27-38H2,1-2H3/q+2. The lowest BCUT2D eigenvalue weighted by atomic mass is 10.0. The van der Waals surface area contributed by atoms with E-state index in [2.05, 4.69) is 62.4 Å². The molecule has 4 rings (SSSR count). The van der Waals surface area contributed by atoms with E-state index in [9.17, 15) is 0 Å². The molecule has 0 saturated carbocycles. The number of hydrogen-bond acceptors (Lipinski definition) is 2. The minimum absolute atomic E-state index is 0.910. The van der Waals surface area contributed by atoms with Gasteiger partial charge in [0, 0.05) is 11.1 Å². The molecular formula is C42H70N2O2+2. The van der Waals surface area contributed by atoms with Gasteiger partial charge < -0.3 is 18.4 Å². The maximum absolute atomic E-state index is 5.81. The first-order valence-corrected chi connectivity index (χ1v) is 19.7. The molecular weight excluding hydrogens is 564 g/mol. The Kier molecular flexibility index (Phi) is 17.2. The monoisotopic (exact) mass is 635 g/mol. The first kappa shape index (κ1) is 37.1. The summed E-state index contributed by atoms with van der Waals surface area (Å²) in [6.45, 7) is 17.8. The van der Waals surface area contributed by atoms with Gasteiger partial charge in [0.25, 0.3) is 0 Å². The minimum Gasteiger partial charge on any atom is -0.370 e. The Labute approximate surface area is 284 Å². The fraction of sp³-hybridized carbons (Fsp3) is 0.714. The largest absolute Gasteiger partial charge is 0.370 e. The lowest BCUT2D eigenvalue weighted by Crippen LogP contribution is -2.54. The van der Waals surface area contributed by atoms with Crippen molar-refractivity contribution in [2.45, 2.75) is 130 Å². The lowest BCUT2D eigenvalue weighted by molar-refractivity contribution is -0.947. The number of hydrogen-bond donors (Lipinski definition) is 0. The Morgan fingerprint density at radius 3 is 1.04 bits per heavy atom.